The molecule has 1 amide bonds. The van der Waals surface area contributed by atoms with Gasteiger partial charge in [0, 0.05) is 23.9 Å². The maximum Gasteiger partial charge on any atom is 0.308 e. The normalized spacial score (nSPS) is 16.3. The second kappa shape index (κ2) is 6.98. The third kappa shape index (κ3) is 3.11. The molecule has 1 atom stereocenters. The van der Waals surface area contributed by atoms with Crippen LogP contribution in [-0.4, -0.2) is 17.6 Å². The van der Waals surface area contributed by atoms with Gasteiger partial charge >= 0.3 is 4.87 Å². The van der Waals surface area contributed by atoms with Gasteiger partial charge in [0.05, 0.1) is 17.7 Å². The van der Waals surface area contributed by atoms with Crippen LogP contribution in [-0.2, 0) is 11.8 Å². The average molecular weight is 445 g/mol. The maximum absolute atomic E-state index is 13.1. The highest BCUT2D eigenvalue weighted by Gasteiger charge is 2.37. The largest absolute Gasteiger partial charge is 0.497 e. The number of thiazole rings is 1. The van der Waals surface area contributed by atoms with E-state index >= 15 is 0 Å². The van der Waals surface area contributed by atoms with Crippen LogP contribution in [0.3, 0.4) is 0 Å². The van der Waals surface area contributed by atoms with Crippen LogP contribution in [0, 0.1) is 0 Å². The molecule has 0 saturated carbocycles. The summed E-state index contributed by atoms with van der Waals surface area (Å²) in [6.45, 7) is 0. The van der Waals surface area contributed by atoms with E-state index in [4.69, 9.17) is 4.74 Å². The predicted octanol–water partition coefficient (Wildman–Crippen LogP) is 4.42. The number of hydrogen-bond acceptors (Lipinski definition) is 4. The van der Waals surface area contributed by atoms with Gasteiger partial charge < -0.3 is 4.74 Å². The number of nitrogens with zero attached hydrogens (tertiary/aromatic N) is 2. The molecule has 0 saturated heterocycles. The number of hydrogen-bond donors (Lipinski definition) is 0. The lowest BCUT2D eigenvalue weighted by Crippen LogP contribution is -2.34. The Kier molecular flexibility index (Phi) is 4.65. The minimum atomic E-state index is -0.138. The Hall–Kier alpha value is -2.38. The standard InChI is InChI=1S/C20H17BrN2O3S/c1-22-19-18(27-20(22)25)16(12-6-8-15(26-2)9-7-12)11-17(24)23(19)14-5-3-4-13(21)10-14/h3-10,16H,11H2,1-2H3/t16-/m0/s1. The number of rotatable bonds is 3. The summed E-state index contributed by atoms with van der Waals surface area (Å²) in [4.78, 5) is 28.0. The quantitative estimate of drug-likeness (QED) is 0.600. The van der Waals surface area contributed by atoms with Gasteiger partial charge in [-0.3, -0.25) is 19.1 Å². The van der Waals surface area contributed by atoms with Crippen LogP contribution in [0.15, 0.2) is 57.8 Å². The van der Waals surface area contributed by atoms with Crippen molar-refractivity contribution in [1.29, 1.82) is 0 Å². The third-order valence-electron chi connectivity index (χ3n) is 4.75. The summed E-state index contributed by atoms with van der Waals surface area (Å²) in [7, 11) is 3.34. The van der Waals surface area contributed by atoms with Gasteiger partial charge in [-0.1, -0.05) is 45.5 Å². The lowest BCUT2D eigenvalue weighted by molar-refractivity contribution is -0.118. The molecule has 2 heterocycles. The second-order valence-corrected chi connectivity index (χ2v) is 8.26. The van der Waals surface area contributed by atoms with Crippen molar-refractivity contribution in [2.24, 2.45) is 7.05 Å². The minimum absolute atomic E-state index is 0.0326. The number of methoxy groups -OCH3 is 1. The molecule has 0 spiro atoms. The van der Waals surface area contributed by atoms with E-state index in [0.29, 0.717) is 12.2 Å². The fraction of sp³-hybridized carbons (Fsp3) is 0.200. The molecular weight excluding hydrogens is 428 g/mol. The molecule has 27 heavy (non-hydrogen) atoms. The molecule has 0 aliphatic carbocycles. The van der Waals surface area contributed by atoms with Crippen LogP contribution in [0.25, 0.3) is 0 Å². The van der Waals surface area contributed by atoms with Crippen molar-refractivity contribution in [1.82, 2.24) is 4.57 Å². The Balaban J connectivity index is 1.86. The van der Waals surface area contributed by atoms with E-state index < -0.39 is 0 Å². The predicted molar refractivity (Wildman–Crippen MR) is 110 cm³/mol. The molecule has 3 aromatic rings. The summed E-state index contributed by atoms with van der Waals surface area (Å²) in [5.74, 6) is 1.24. The zero-order chi connectivity index (χ0) is 19.1. The van der Waals surface area contributed by atoms with E-state index in [2.05, 4.69) is 15.9 Å². The molecule has 0 radical (unpaired) electrons. The van der Waals surface area contributed by atoms with Crippen LogP contribution in [0.5, 0.6) is 5.75 Å². The van der Waals surface area contributed by atoms with Gasteiger partial charge in [0.1, 0.15) is 11.6 Å². The SMILES string of the molecule is COc1ccc([C@@H]2CC(=O)N(c3cccc(Br)c3)c3c2sc(=O)n3C)cc1. The van der Waals surface area contributed by atoms with Crippen molar-refractivity contribution >= 4 is 44.7 Å². The molecule has 0 unspecified atom stereocenters. The zero-order valence-electron chi connectivity index (χ0n) is 14.8. The van der Waals surface area contributed by atoms with Crippen molar-refractivity contribution in [2.45, 2.75) is 12.3 Å². The maximum atomic E-state index is 13.1. The molecule has 1 aromatic heterocycles. The molecule has 0 bridgehead atoms. The number of fused-ring (bicyclic) bond motifs is 1. The first-order chi connectivity index (χ1) is 13.0. The number of aromatic nitrogens is 1. The van der Waals surface area contributed by atoms with Crippen molar-refractivity contribution in [3.63, 3.8) is 0 Å². The number of benzene rings is 2. The van der Waals surface area contributed by atoms with E-state index in [9.17, 15) is 9.59 Å². The van der Waals surface area contributed by atoms with Crippen LogP contribution in [0.4, 0.5) is 11.5 Å². The van der Waals surface area contributed by atoms with Crippen LogP contribution in [0.1, 0.15) is 22.8 Å². The van der Waals surface area contributed by atoms with Crippen LogP contribution in [0.2, 0.25) is 0 Å². The lowest BCUT2D eigenvalue weighted by Gasteiger charge is -2.32. The molecule has 1 aliphatic rings. The number of ether oxygens (including phenoxy) is 1. The number of carbonyl (C=O) groups excluding carboxylic acids is 1. The fourth-order valence-corrected chi connectivity index (χ4v) is 4.89. The minimum Gasteiger partial charge on any atom is -0.497 e. The van der Waals surface area contributed by atoms with E-state index in [0.717, 1.165) is 26.4 Å². The molecule has 0 fully saturated rings. The molecule has 4 rings (SSSR count). The summed E-state index contributed by atoms with van der Waals surface area (Å²) in [5, 5.41) is 0. The molecule has 7 heteroatoms. The van der Waals surface area contributed by atoms with Gasteiger partial charge in [-0.2, -0.15) is 0 Å². The van der Waals surface area contributed by atoms with E-state index in [1.54, 1.807) is 23.6 Å². The van der Waals surface area contributed by atoms with Gasteiger partial charge in [-0.25, -0.2) is 0 Å². The smallest absolute Gasteiger partial charge is 0.308 e. The number of carbonyl (C=O) groups is 1. The highest BCUT2D eigenvalue weighted by molar-refractivity contribution is 9.10. The zero-order valence-corrected chi connectivity index (χ0v) is 17.2. The Morgan fingerprint density at radius 3 is 2.56 bits per heavy atom. The van der Waals surface area contributed by atoms with Gasteiger partial charge in [-0.15, -0.1) is 0 Å². The fourth-order valence-electron chi connectivity index (χ4n) is 3.41. The van der Waals surface area contributed by atoms with Crippen LogP contribution >= 0.6 is 27.3 Å². The third-order valence-corrected chi connectivity index (χ3v) is 6.38. The summed E-state index contributed by atoms with van der Waals surface area (Å²) in [6, 6.07) is 15.2. The highest BCUT2D eigenvalue weighted by atomic mass is 79.9. The molecule has 138 valence electrons. The summed E-state index contributed by atoms with van der Waals surface area (Å²) < 4.78 is 7.67. The number of anilines is 2. The van der Waals surface area contributed by atoms with Crippen molar-refractivity contribution in [2.75, 3.05) is 12.0 Å². The number of halogens is 1. The Bertz CT molecular complexity index is 1070. The highest BCUT2D eigenvalue weighted by Crippen LogP contribution is 2.44. The van der Waals surface area contributed by atoms with Gasteiger partial charge in [0.25, 0.3) is 0 Å². The van der Waals surface area contributed by atoms with Crippen LogP contribution < -0.4 is 14.5 Å². The molecule has 1 aliphatic heterocycles. The molecule has 5 nitrogen and oxygen atoms in total. The second-order valence-electron chi connectivity index (χ2n) is 6.35. The van der Waals surface area contributed by atoms with E-state index in [1.165, 1.54) is 11.3 Å². The van der Waals surface area contributed by atoms with E-state index in [-0.39, 0.29) is 16.7 Å². The molecule has 2 aromatic carbocycles. The molecule has 0 N–H and O–H groups in total. The Morgan fingerprint density at radius 2 is 1.89 bits per heavy atom. The summed E-state index contributed by atoms with van der Waals surface area (Å²) in [6.07, 6.45) is 0.311. The summed E-state index contributed by atoms with van der Waals surface area (Å²) in [5.41, 5.74) is 1.75. The Morgan fingerprint density at radius 1 is 1.15 bits per heavy atom. The Labute approximate surface area is 168 Å². The number of amides is 1. The first-order valence-corrected chi connectivity index (χ1v) is 10.0. The topological polar surface area (TPSA) is 51.5 Å². The van der Waals surface area contributed by atoms with Crippen molar-refractivity contribution < 1.29 is 9.53 Å². The van der Waals surface area contributed by atoms with Crippen molar-refractivity contribution in [3.05, 3.63) is 73.1 Å². The monoisotopic (exact) mass is 444 g/mol. The van der Waals surface area contributed by atoms with E-state index in [1.807, 2.05) is 48.5 Å². The van der Waals surface area contributed by atoms with Gasteiger partial charge in [0.2, 0.25) is 5.91 Å². The molecular formula is C20H17BrN2O3S. The lowest BCUT2D eigenvalue weighted by atomic mass is 9.90. The van der Waals surface area contributed by atoms with Crippen molar-refractivity contribution in [3.8, 4) is 5.75 Å². The summed E-state index contributed by atoms with van der Waals surface area (Å²) >= 11 is 4.66. The first kappa shape index (κ1) is 18.0. The first-order valence-electron chi connectivity index (χ1n) is 8.41. The van der Waals surface area contributed by atoms with Gasteiger partial charge in [-0.05, 0) is 35.9 Å². The van der Waals surface area contributed by atoms with Gasteiger partial charge in [0.15, 0.2) is 0 Å². The average Bonchev–Trinajstić information content (AvgIpc) is 2.96.